The summed E-state index contributed by atoms with van der Waals surface area (Å²) >= 11 is 0. The number of rotatable bonds is 5. The molecule has 130 valence electrons. The molecule has 0 aromatic heterocycles. The Hall–Kier alpha value is -2.58. The van der Waals surface area contributed by atoms with Crippen molar-refractivity contribution < 1.29 is 9.13 Å². The molecule has 0 saturated carbocycles. The molecule has 3 rings (SSSR count). The van der Waals surface area contributed by atoms with Crippen molar-refractivity contribution in [3.63, 3.8) is 0 Å². The first-order valence-corrected chi connectivity index (χ1v) is 8.59. The summed E-state index contributed by atoms with van der Waals surface area (Å²) in [5, 5.41) is 8.98. The molecular formula is C20H22FN3O. The summed E-state index contributed by atoms with van der Waals surface area (Å²) in [6, 6.07) is 14.7. The molecule has 0 aliphatic carbocycles. The molecule has 1 heterocycles. The molecule has 1 aliphatic rings. The largest absolute Gasteiger partial charge is 0.492 e. The highest BCUT2D eigenvalue weighted by Gasteiger charge is 2.20. The van der Waals surface area contributed by atoms with Crippen LogP contribution in [0, 0.1) is 17.1 Å². The molecule has 2 aromatic rings. The summed E-state index contributed by atoms with van der Waals surface area (Å²) < 4.78 is 19.7. The molecule has 0 bridgehead atoms. The highest BCUT2D eigenvalue weighted by molar-refractivity contribution is 5.58. The number of piperazine rings is 1. The third-order valence-electron chi connectivity index (χ3n) is 4.45. The lowest BCUT2D eigenvalue weighted by atomic mass is 10.1. The van der Waals surface area contributed by atoms with Gasteiger partial charge in [0, 0.05) is 38.3 Å². The van der Waals surface area contributed by atoms with E-state index in [-0.39, 0.29) is 5.82 Å². The van der Waals surface area contributed by atoms with Gasteiger partial charge in [0.1, 0.15) is 11.6 Å². The van der Waals surface area contributed by atoms with Gasteiger partial charge in [0.15, 0.2) is 0 Å². The van der Waals surface area contributed by atoms with Gasteiger partial charge in [-0.15, -0.1) is 0 Å². The third kappa shape index (κ3) is 4.09. The van der Waals surface area contributed by atoms with E-state index >= 15 is 0 Å². The summed E-state index contributed by atoms with van der Waals surface area (Å²) in [6.07, 6.45) is 0. The second kappa shape index (κ2) is 8.00. The van der Waals surface area contributed by atoms with Gasteiger partial charge in [-0.25, -0.2) is 4.39 Å². The third-order valence-corrected chi connectivity index (χ3v) is 4.45. The fourth-order valence-electron chi connectivity index (χ4n) is 3.15. The summed E-state index contributed by atoms with van der Waals surface area (Å²) in [5.41, 5.74) is 2.20. The zero-order chi connectivity index (χ0) is 17.6. The first-order chi connectivity index (χ1) is 12.2. The van der Waals surface area contributed by atoms with E-state index < -0.39 is 0 Å². The van der Waals surface area contributed by atoms with Gasteiger partial charge >= 0.3 is 0 Å². The van der Waals surface area contributed by atoms with Crippen LogP contribution in [0.3, 0.4) is 0 Å². The average molecular weight is 339 g/mol. The van der Waals surface area contributed by atoms with Gasteiger partial charge < -0.3 is 9.64 Å². The summed E-state index contributed by atoms with van der Waals surface area (Å²) in [5.74, 6) is 0.661. The van der Waals surface area contributed by atoms with Crippen molar-refractivity contribution in [2.45, 2.75) is 13.5 Å². The predicted octanol–water partition coefficient (Wildman–Crippen LogP) is 3.42. The Balaban J connectivity index is 1.64. The van der Waals surface area contributed by atoms with E-state index in [9.17, 15) is 4.39 Å². The monoisotopic (exact) mass is 339 g/mol. The van der Waals surface area contributed by atoms with E-state index in [1.165, 1.54) is 12.1 Å². The molecule has 0 spiro atoms. The standard InChI is InChI=1S/C20H22FN3O/c1-2-25-20-6-4-3-5-19(20)24-11-9-23(10-12-24)15-17-13-16(14-22)7-8-18(17)21/h3-8,13H,2,9-12,15H2,1H3. The summed E-state index contributed by atoms with van der Waals surface area (Å²) in [4.78, 5) is 4.53. The molecule has 2 aromatic carbocycles. The van der Waals surface area contributed by atoms with Crippen molar-refractivity contribution in [2.24, 2.45) is 0 Å². The molecule has 4 nitrogen and oxygen atoms in total. The highest BCUT2D eigenvalue weighted by Crippen LogP contribution is 2.29. The maximum absolute atomic E-state index is 14.0. The van der Waals surface area contributed by atoms with E-state index in [4.69, 9.17) is 10.00 Å². The van der Waals surface area contributed by atoms with Crippen LogP contribution in [0.5, 0.6) is 5.75 Å². The lowest BCUT2D eigenvalue weighted by Gasteiger charge is -2.36. The molecule has 0 radical (unpaired) electrons. The average Bonchev–Trinajstić information content (AvgIpc) is 2.65. The van der Waals surface area contributed by atoms with Crippen molar-refractivity contribution in [2.75, 3.05) is 37.7 Å². The smallest absolute Gasteiger partial charge is 0.142 e. The van der Waals surface area contributed by atoms with Crippen LogP contribution in [-0.4, -0.2) is 37.7 Å². The molecule has 25 heavy (non-hydrogen) atoms. The minimum atomic E-state index is -0.247. The van der Waals surface area contributed by atoms with Gasteiger partial charge in [0.2, 0.25) is 0 Å². The highest BCUT2D eigenvalue weighted by atomic mass is 19.1. The molecule has 1 aliphatic heterocycles. The summed E-state index contributed by atoms with van der Waals surface area (Å²) in [6.45, 7) is 6.58. The van der Waals surface area contributed by atoms with Crippen LogP contribution in [0.2, 0.25) is 0 Å². The van der Waals surface area contributed by atoms with E-state index in [1.54, 1.807) is 6.07 Å². The van der Waals surface area contributed by atoms with Crippen LogP contribution in [-0.2, 0) is 6.54 Å². The zero-order valence-corrected chi connectivity index (χ0v) is 14.4. The molecular weight excluding hydrogens is 317 g/mol. The normalized spacial score (nSPS) is 15.0. The van der Waals surface area contributed by atoms with Gasteiger partial charge in [-0.3, -0.25) is 4.90 Å². The number of benzene rings is 2. The molecule has 1 fully saturated rings. The zero-order valence-electron chi connectivity index (χ0n) is 14.4. The Morgan fingerprint density at radius 2 is 1.88 bits per heavy atom. The van der Waals surface area contributed by atoms with Crippen LogP contribution < -0.4 is 9.64 Å². The van der Waals surface area contributed by atoms with Crippen molar-refractivity contribution >= 4 is 5.69 Å². The molecule has 0 unspecified atom stereocenters. The molecule has 5 heteroatoms. The van der Waals surface area contributed by atoms with E-state index in [0.29, 0.717) is 24.3 Å². The van der Waals surface area contributed by atoms with Gasteiger partial charge in [-0.1, -0.05) is 12.1 Å². The van der Waals surface area contributed by atoms with Crippen LogP contribution in [0.1, 0.15) is 18.1 Å². The number of anilines is 1. The number of nitrogens with zero attached hydrogens (tertiary/aromatic N) is 3. The van der Waals surface area contributed by atoms with Crippen LogP contribution in [0.4, 0.5) is 10.1 Å². The van der Waals surface area contributed by atoms with E-state index in [2.05, 4.69) is 21.9 Å². The van der Waals surface area contributed by atoms with E-state index in [1.807, 2.05) is 25.1 Å². The number of halogens is 1. The first-order valence-electron chi connectivity index (χ1n) is 8.59. The SMILES string of the molecule is CCOc1ccccc1N1CCN(Cc2cc(C#N)ccc2F)CC1. The second-order valence-electron chi connectivity index (χ2n) is 6.08. The number of ether oxygens (including phenoxy) is 1. The lowest BCUT2D eigenvalue weighted by molar-refractivity contribution is 0.245. The minimum absolute atomic E-state index is 0.247. The fraction of sp³-hybridized carbons (Fsp3) is 0.350. The maximum Gasteiger partial charge on any atom is 0.142 e. The van der Waals surface area contributed by atoms with Crippen LogP contribution in [0.15, 0.2) is 42.5 Å². The second-order valence-corrected chi connectivity index (χ2v) is 6.08. The Labute approximate surface area is 148 Å². The minimum Gasteiger partial charge on any atom is -0.492 e. The Kier molecular flexibility index (Phi) is 5.52. The molecule has 0 N–H and O–H groups in total. The fourth-order valence-corrected chi connectivity index (χ4v) is 3.15. The molecule has 0 atom stereocenters. The van der Waals surface area contributed by atoms with Crippen molar-refractivity contribution in [3.05, 3.63) is 59.4 Å². The van der Waals surface area contributed by atoms with Crippen molar-refractivity contribution in [1.82, 2.24) is 4.90 Å². The van der Waals surface area contributed by atoms with Crippen LogP contribution >= 0.6 is 0 Å². The predicted molar refractivity (Wildman–Crippen MR) is 96.2 cm³/mol. The summed E-state index contributed by atoms with van der Waals surface area (Å²) in [7, 11) is 0. The lowest BCUT2D eigenvalue weighted by Crippen LogP contribution is -2.46. The number of nitriles is 1. The number of hydrogen-bond acceptors (Lipinski definition) is 4. The van der Waals surface area contributed by atoms with Crippen molar-refractivity contribution in [1.29, 1.82) is 5.26 Å². The topological polar surface area (TPSA) is 39.5 Å². The maximum atomic E-state index is 14.0. The Bertz CT molecular complexity index is 764. The quantitative estimate of drug-likeness (QED) is 0.837. The van der Waals surface area contributed by atoms with Crippen LogP contribution in [0.25, 0.3) is 0 Å². The Morgan fingerprint density at radius 1 is 1.12 bits per heavy atom. The van der Waals surface area contributed by atoms with Gasteiger partial charge in [-0.2, -0.15) is 5.26 Å². The van der Waals surface area contributed by atoms with Gasteiger partial charge in [-0.05, 0) is 37.3 Å². The Morgan fingerprint density at radius 3 is 2.60 bits per heavy atom. The van der Waals surface area contributed by atoms with E-state index in [0.717, 1.165) is 37.6 Å². The van der Waals surface area contributed by atoms with Gasteiger partial charge in [0.05, 0.1) is 23.9 Å². The molecule has 0 amide bonds. The first kappa shape index (κ1) is 17.2. The number of para-hydroxylation sites is 2. The van der Waals surface area contributed by atoms with Gasteiger partial charge in [0.25, 0.3) is 0 Å². The van der Waals surface area contributed by atoms with Crippen molar-refractivity contribution in [3.8, 4) is 11.8 Å². The molecule has 1 saturated heterocycles. The number of hydrogen-bond donors (Lipinski definition) is 0.